The molecule has 0 bridgehead atoms. The fourth-order valence-electron chi connectivity index (χ4n) is 1.62. The van der Waals surface area contributed by atoms with Gasteiger partial charge in [-0.25, -0.2) is 0 Å². The van der Waals surface area contributed by atoms with Crippen LogP contribution in [0.5, 0.6) is 5.75 Å². The van der Waals surface area contributed by atoms with Gasteiger partial charge in [-0.2, -0.15) is 0 Å². The topological polar surface area (TPSA) is 80.4 Å². The fraction of sp³-hybridized carbons (Fsp3) is 0.300. The third-order valence-electron chi connectivity index (χ3n) is 2.74. The molecule has 1 aliphatic rings. The maximum Gasteiger partial charge on any atom is 0.270 e. The molecule has 1 fully saturated rings. The summed E-state index contributed by atoms with van der Waals surface area (Å²) < 4.78 is 0. The van der Waals surface area contributed by atoms with E-state index >= 15 is 0 Å². The Morgan fingerprint density at radius 1 is 1.47 bits per heavy atom. The van der Waals surface area contributed by atoms with Crippen LogP contribution < -0.4 is 0 Å². The molecule has 0 atom stereocenters. The number of nitro benzene ring substituents is 1. The van der Waals surface area contributed by atoms with Gasteiger partial charge in [-0.1, -0.05) is 0 Å². The molecule has 0 spiro atoms. The molecule has 1 aliphatic carbocycles. The average Bonchev–Trinajstić information content (AvgIpc) is 2.99. The minimum atomic E-state index is -0.684. The van der Waals surface area contributed by atoms with Crippen molar-refractivity contribution >= 4 is 12.0 Å². The number of phenolic OH excluding ortho intramolecular Hbond substituents is 1. The van der Waals surface area contributed by atoms with Gasteiger partial charge in [0.1, 0.15) is 12.0 Å². The monoisotopic (exact) mass is 207 g/mol. The second-order valence-electron chi connectivity index (χ2n) is 3.73. The number of carbonyl (C=O) groups excluding carboxylic acids is 1. The zero-order valence-corrected chi connectivity index (χ0v) is 7.84. The summed E-state index contributed by atoms with van der Waals surface area (Å²) in [5, 5.41) is 20.1. The predicted octanol–water partition coefficient (Wildman–Crippen LogP) is 1.53. The van der Waals surface area contributed by atoms with Crippen LogP contribution in [0.4, 0.5) is 5.69 Å². The molecular weight excluding hydrogens is 198 g/mol. The maximum absolute atomic E-state index is 10.8. The lowest BCUT2D eigenvalue weighted by molar-refractivity contribution is -0.385. The van der Waals surface area contributed by atoms with E-state index in [-0.39, 0.29) is 11.4 Å². The van der Waals surface area contributed by atoms with Gasteiger partial charge in [0.25, 0.3) is 5.69 Å². The quantitative estimate of drug-likeness (QED) is 0.463. The second-order valence-corrected chi connectivity index (χ2v) is 3.73. The molecule has 1 saturated carbocycles. The summed E-state index contributed by atoms with van der Waals surface area (Å²) in [6, 6.07) is 3.76. The number of non-ortho nitro benzene ring substituents is 1. The van der Waals surface area contributed by atoms with E-state index in [9.17, 15) is 20.0 Å². The van der Waals surface area contributed by atoms with Gasteiger partial charge in [-0.05, 0) is 18.9 Å². The lowest BCUT2D eigenvalue weighted by Gasteiger charge is -2.08. The Balaban J connectivity index is 2.50. The number of aromatic hydroxyl groups is 1. The summed E-state index contributed by atoms with van der Waals surface area (Å²) >= 11 is 0. The number of carbonyl (C=O) groups is 1. The molecule has 0 unspecified atom stereocenters. The number of nitrogens with zero attached hydrogens (tertiary/aromatic N) is 1. The molecule has 0 radical (unpaired) electrons. The summed E-state index contributed by atoms with van der Waals surface area (Å²) in [5.74, 6) is -0.0507. The van der Waals surface area contributed by atoms with Crippen LogP contribution in [-0.4, -0.2) is 16.3 Å². The van der Waals surface area contributed by atoms with Crippen LogP contribution in [0.2, 0.25) is 0 Å². The van der Waals surface area contributed by atoms with Gasteiger partial charge in [-0.15, -0.1) is 0 Å². The standard InChI is InChI=1S/C10H9NO4/c12-6-10(3-4-10)8-5-7(11(14)15)1-2-9(8)13/h1-2,5-6,13H,3-4H2. The molecule has 5 nitrogen and oxygen atoms in total. The molecule has 0 heterocycles. The zero-order chi connectivity index (χ0) is 11.1. The van der Waals surface area contributed by atoms with Gasteiger partial charge in [0, 0.05) is 17.7 Å². The third-order valence-corrected chi connectivity index (χ3v) is 2.74. The van der Waals surface area contributed by atoms with E-state index in [1.807, 2.05) is 0 Å². The molecule has 5 heteroatoms. The zero-order valence-electron chi connectivity index (χ0n) is 7.84. The van der Waals surface area contributed by atoms with E-state index < -0.39 is 10.3 Å². The fourth-order valence-corrected chi connectivity index (χ4v) is 1.62. The molecule has 2 rings (SSSR count). The number of phenols is 1. The van der Waals surface area contributed by atoms with Crippen LogP contribution in [0.1, 0.15) is 18.4 Å². The van der Waals surface area contributed by atoms with Gasteiger partial charge in [-0.3, -0.25) is 10.1 Å². The molecular formula is C10H9NO4. The second kappa shape index (κ2) is 3.05. The minimum absolute atomic E-state index is 0.0507. The number of aldehydes is 1. The van der Waals surface area contributed by atoms with Crippen molar-refractivity contribution in [3.63, 3.8) is 0 Å². The molecule has 0 aliphatic heterocycles. The van der Waals surface area contributed by atoms with Crippen molar-refractivity contribution in [3.8, 4) is 5.75 Å². The van der Waals surface area contributed by atoms with Crippen LogP contribution in [0.25, 0.3) is 0 Å². The Hall–Kier alpha value is -1.91. The van der Waals surface area contributed by atoms with Gasteiger partial charge < -0.3 is 9.90 Å². The largest absolute Gasteiger partial charge is 0.508 e. The molecule has 0 amide bonds. The number of rotatable bonds is 3. The molecule has 15 heavy (non-hydrogen) atoms. The van der Waals surface area contributed by atoms with Crippen LogP contribution in [0.3, 0.4) is 0 Å². The number of hydrogen-bond donors (Lipinski definition) is 1. The molecule has 1 N–H and O–H groups in total. The van der Waals surface area contributed by atoms with Crippen molar-refractivity contribution in [3.05, 3.63) is 33.9 Å². The van der Waals surface area contributed by atoms with Crippen LogP contribution >= 0.6 is 0 Å². The lowest BCUT2D eigenvalue weighted by Crippen LogP contribution is -2.08. The van der Waals surface area contributed by atoms with E-state index in [2.05, 4.69) is 0 Å². The van der Waals surface area contributed by atoms with E-state index in [1.165, 1.54) is 18.2 Å². The summed E-state index contributed by atoms with van der Waals surface area (Å²) in [4.78, 5) is 20.8. The summed E-state index contributed by atoms with van der Waals surface area (Å²) in [6.07, 6.45) is 2.04. The van der Waals surface area contributed by atoms with Gasteiger partial charge in [0.2, 0.25) is 0 Å². The molecule has 1 aromatic carbocycles. The summed E-state index contributed by atoms with van der Waals surface area (Å²) in [5.41, 5.74) is -0.418. The molecule has 1 aromatic rings. The normalized spacial score (nSPS) is 17.1. The first-order valence-electron chi connectivity index (χ1n) is 4.53. The Morgan fingerprint density at radius 3 is 2.60 bits per heavy atom. The van der Waals surface area contributed by atoms with Crippen molar-refractivity contribution in [2.45, 2.75) is 18.3 Å². The number of nitro groups is 1. The first-order valence-corrected chi connectivity index (χ1v) is 4.53. The van der Waals surface area contributed by atoms with Crippen molar-refractivity contribution < 1.29 is 14.8 Å². The van der Waals surface area contributed by atoms with E-state index in [4.69, 9.17) is 0 Å². The number of benzene rings is 1. The highest BCUT2D eigenvalue weighted by Crippen LogP contribution is 2.50. The van der Waals surface area contributed by atoms with Crippen LogP contribution in [-0.2, 0) is 10.2 Å². The highest BCUT2D eigenvalue weighted by Gasteiger charge is 2.46. The van der Waals surface area contributed by atoms with Gasteiger partial charge in [0.05, 0.1) is 10.3 Å². The predicted molar refractivity (Wildman–Crippen MR) is 51.7 cm³/mol. The summed E-state index contributed by atoms with van der Waals surface area (Å²) in [6.45, 7) is 0. The molecule has 0 saturated heterocycles. The smallest absolute Gasteiger partial charge is 0.270 e. The Bertz CT molecular complexity index is 437. The third kappa shape index (κ3) is 1.45. The van der Waals surface area contributed by atoms with Crippen molar-refractivity contribution in [1.29, 1.82) is 0 Å². The average molecular weight is 207 g/mol. The van der Waals surface area contributed by atoms with E-state index in [1.54, 1.807) is 0 Å². The Kier molecular flexibility index (Phi) is 1.96. The first kappa shape index (κ1) is 9.64. The molecule has 0 aromatic heterocycles. The maximum atomic E-state index is 10.8. The number of hydrogen-bond acceptors (Lipinski definition) is 4. The minimum Gasteiger partial charge on any atom is -0.508 e. The highest BCUT2D eigenvalue weighted by molar-refractivity contribution is 5.75. The lowest BCUT2D eigenvalue weighted by atomic mass is 9.96. The molecule has 78 valence electrons. The van der Waals surface area contributed by atoms with Crippen LogP contribution in [0.15, 0.2) is 18.2 Å². The summed E-state index contributed by atoms with van der Waals surface area (Å²) in [7, 11) is 0. The van der Waals surface area contributed by atoms with Gasteiger partial charge >= 0.3 is 0 Å². The van der Waals surface area contributed by atoms with Crippen molar-refractivity contribution in [2.24, 2.45) is 0 Å². The van der Waals surface area contributed by atoms with Crippen molar-refractivity contribution in [1.82, 2.24) is 0 Å². The SMILES string of the molecule is O=CC1(c2cc([N+](=O)[O-])ccc2O)CC1. The van der Waals surface area contributed by atoms with Crippen LogP contribution in [0, 0.1) is 10.1 Å². The van der Waals surface area contributed by atoms with Crippen molar-refractivity contribution in [2.75, 3.05) is 0 Å². The highest BCUT2D eigenvalue weighted by atomic mass is 16.6. The van der Waals surface area contributed by atoms with E-state index in [0.29, 0.717) is 18.4 Å². The van der Waals surface area contributed by atoms with E-state index in [0.717, 1.165) is 6.29 Å². The van der Waals surface area contributed by atoms with Gasteiger partial charge in [0.15, 0.2) is 0 Å². The Morgan fingerprint density at radius 2 is 2.13 bits per heavy atom. The Labute approximate surface area is 85.5 Å². The first-order chi connectivity index (χ1) is 7.09.